The van der Waals surface area contributed by atoms with Crippen molar-refractivity contribution in [1.29, 1.82) is 0 Å². The van der Waals surface area contributed by atoms with Crippen LogP contribution in [-0.2, 0) is 31.1 Å². The highest BCUT2D eigenvalue weighted by molar-refractivity contribution is 7.88. The quantitative estimate of drug-likeness (QED) is 0.213. The van der Waals surface area contributed by atoms with Crippen molar-refractivity contribution in [3.05, 3.63) is 35.9 Å². The number of hydrogen-bond acceptors (Lipinski definition) is 8. The Morgan fingerprint density at radius 3 is 2.35 bits per heavy atom. The van der Waals surface area contributed by atoms with Crippen LogP contribution in [0.2, 0.25) is 0 Å². The maximum atomic E-state index is 11.8. The van der Waals surface area contributed by atoms with Gasteiger partial charge < -0.3 is 19.7 Å². The van der Waals surface area contributed by atoms with Crippen molar-refractivity contribution in [2.45, 2.75) is 64.7 Å². The van der Waals surface area contributed by atoms with Crippen LogP contribution in [0.5, 0.6) is 0 Å². The first-order chi connectivity index (χ1) is 14.4. The fourth-order valence-corrected chi connectivity index (χ4v) is 3.12. The van der Waals surface area contributed by atoms with E-state index in [1.54, 1.807) is 37.6 Å². The van der Waals surface area contributed by atoms with Crippen LogP contribution < -0.4 is 14.8 Å². The second-order valence-electron chi connectivity index (χ2n) is 7.70. The summed E-state index contributed by atoms with van der Waals surface area (Å²) >= 11 is 0. The second kappa shape index (κ2) is 12.6. The summed E-state index contributed by atoms with van der Waals surface area (Å²) in [6.45, 7) is 4.89. The molecule has 1 unspecified atom stereocenters. The van der Waals surface area contributed by atoms with Crippen molar-refractivity contribution < 1.29 is 37.7 Å². The van der Waals surface area contributed by atoms with Gasteiger partial charge in [0.1, 0.15) is 11.6 Å². The molecule has 2 atom stereocenters. The van der Waals surface area contributed by atoms with Gasteiger partial charge in [-0.2, -0.15) is 13.1 Å². The lowest BCUT2D eigenvalue weighted by molar-refractivity contribution is -0.155. The standard InChI is InChI=1S/C19H31N3O8S/c1-19(2,3)30-18(26)22-31(27,28)20-12-8-7-11-15(16(23)24)21-17(25)29-13-14-9-5-4-6-10-14/h4-6,9-10,15,17,20-21,25H,7-8,11-13H2,1-3H3,(H,22,26)(H,23,24)/t15-,17?/m0/s1. The number of aliphatic carboxylic acids is 1. The number of carbonyl (C=O) groups is 2. The average Bonchev–Trinajstić information content (AvgIpc) is 2.63. The van der Waals surface area contributed by atoms with Gasteiger partial charge in [-0.3, -0.25) is 10.1 Å². The molecule has 0 spiro atoms. The zero-order chi connectivity index (χ0) is 23.5. The topological polar surface area (TPSA) is 163 Å². The third-order valence-corrected chi connectivity index (χ3v) is 4.74. The number of hydrogen-bond donors (Lipinski definition) is 5. The number of nitrogens with one attached hydrogen (secondary N) is 3. The van der Waals surface area contributed by atoms with Gasteiger partial charge in [0.25, 0.3) is 0 Å². The molecular weight excluding hydrogens is 430 g/mol. The van der Waals surface area contributed by atoms with Gasteiger partial charge in [-0.05, 0) is 45.6 Å². The van der Waals surface area contributed by atoms with Gasteiger partial charge in [0.2, 0.25) is 6.41 Å². The first-order valence-electron chi connectivity index (χ1n) is 9.71. The SMILES string of the molecule is CC(C)(C)OC(=O)NS(=O)(=O)NCCCC[C@H](NC(O)OCc1ccccc1)C(=O)O. The number of aliphatic hydroxyl groups excluding tert-OH is 1. The number of unbranched alkanes of at least 4 members (excludes halogenated alkanes) is 1. The molecular formula is C19H31N3O8S. The molecule has 0 saturated heterocycles. The van der Waals surface area contributed by atoms with Crippen molar-refractivity contribution in [3.63, 3.8) is 0 Å². The number of carboxylic acids is 1. The second-order valence-corrected chi connectivity index (χ2v) is 9.20. The fraction of sp³-hybridized carbons (Fsp3) is 0.579. The first kappa shape index (κ1) is 26.8. The summed E-state index contributed by atoms with van der Waals surface area (Å²) in [5.74, 6) is -1.17. The minimum atomic E-state index is -4.09. The summed E-state index contributed by atoms with van der Waals surface area (Å²) in [5, 5.41) is 21.6. The number of amides is 1. The van der Waals surface area contributed by atoms with Crippen molar-refractivity contribution in [1.82, 2.24) is 14.8 Å². The number of rotatable bonds is 13. The Morgan fingerprint density at radius 2 is 1.77 bits per heavy atom. The molecule has 1 aromatic carbocycles. The molecule has 1 amide bonds. The van der Waals surface area contributed by atoms with Gasteiger partial charge in [0.15, 0.2) is 0 Å². The Bertz CT molecular complexity index is 796. The van der Waals surface area contributed by atoms with E-state index in [2.05, 4.69) is 10.0 Å². The van der Waals surface area contributed by atoms with E-state index < -0.39 is 40.3 Å². The Kier molecular flexibility index (Phi) is 10.9. The summed E-state index contributed by atoms with van der Waals surface area (Å²) in [6.07, 6.45) is -1.80. The van der Waals surface area contributed by atoms with Gasteiger partial charge in [0.05, 0.1) is 6.61 Å². The van der Waals surface area contributed by atoms with E-state index in [0.717, 1.165) is 5.56 Å². The molecule has 0 radical (unpaired) electrons. The van der Waals surface area contributed by atoms with E-state index in [1.165, 1.54) is 0 Å². The van der Waals surface area contributed by atoms with Crippen LogP contribution in [0, 0.1) is 0 Å². The zero-order valence-corrected chi connectivity index (χ0v) is 18.6. The Labute approximate surface area is 182 Å². The summed E-state index contributed by atoms with van der Waals surface area (Å²) in [7, 11) is -4.09. The molecule has 176 valence electrons. The molecule has 31 heavy (non-hydrogen) atoms. The van der Waals surface area contributed by atoms with E-state index in [1.807, 2.05) is 18.2 Å². The van der Waals surface area contributed by atoms with E-state index in [0.29, 0.717) is 12.8 Å². The van der Waals surface area contributed by atoms with Crippen LogP contribution in [0.4, 0.5) is 4.79 Å². The summed E-state index contributed by atoms with van der Waals surface area (Å²) in [4.78, 5) is 22.9. The van der Waals surface area contributed by atoms with Crippen LogP contribution in [0.3, 0.4) is 0 Å². The predicted octanol–water partition coefficient (Wildman–Crippen LogP) is 1.05. The van der Waals surface area contributed by atoms with Crippen molar-refractivity contribution in [3.8, 4) is 0 Å². The fourth-order valence-electron chi connectivity index (χ4n) is 2.37. The molecule has 12 heteroatoms. The molecule has 1 rings (SSSR count). The van der Waals surface area contributed by atoms with E-state index >= 15 is 0 Å². The van der Waals surface area contributed by atoms with Crippen LogP contribution >= 0.6 is 0 Å². The molecule has 11 nitrogen and oxygen atoms in total. The predicted molar refractivity (Wildman–Crippen MR) is 112 cm³/mol. The third kappa shape index (κ3) is 12.9. The van der Waals surface area contributed by atoms with Crippen molar-refractivity contribution >= 4 is 22.3 Å². The number of aliphatic hydroxyl groups is 1. The third-order valence-electron chi connectivity index (χ3n) is 3.72. The molecule has 0 bridgehead atoms. The monoisotopic (exact) mass is 461 g/mol. The van der Waals surface area contributed by atoms with Gasteiger partial charge in [0, 0.05) is 6.54 Å². The molecule has 0 saturated carbocycles. The molecule has 0 aromatic heterocycles. The van der Waals surface area contributed by atoms with E-state index in [9.17, 15) is 28.2 Å². The first-order valence-corrected chi connectivity index (χ1v) is 11.2. The lowest BCUT2D eigenvalue weighted by Crippen LogP contribution is -2.44. The molecule has 0 fully saturated rings. The van der Waals surface area contributed by atoms with Gasteiger partial charge in [-0.1, -0.05) is 30.3 Å². The number of benzene rings is 1. The largest absolute Gasteiger partial charge is 0.480 e. The maximum absolute atomic E-state index is 11.8. The van der Waals surface area contributed by atoms with Gasteiger partial charge in [-0.15, -0.1) is 0 Å². The Hall–Kier alpha value is -2.25. The molecule has 0 aliphatic carbocycles. The molecule has 0 heterocycles. The van der Waals surface area contributed by atoms with Crippen LogP contribution in [0.1, 0.15) is 45.6 Å². The Morgan fingerprint density at radius 1 is 1.13 bits per heavy atom. The maximum Gasteiger partial charge on any atom is 0.422 e. The lowest BCUT2D eigenvalue weighted by atomic mass is 10.1. The number of carboxylic acid groups (broad SMARTS) is 1. The van der Waals surface area contributed by atoms with E-state index in [4.69, 9.17) is 9.47 Å². The lowest BCUT2D eigenvalue weighted by Gasteiger charge is -2.20. The highest BCUT2D eigenvalue weighted by atomic mass is 32.2. The number of carbonyl (C=O) groups excluding carboxylic acids is 1. The van der Waals surface area contributed by atoms with E-state index in [-0.39, 0.29) is 19.6 Å². The Balaban J connectivity index is 2.32. The van der Waals surface area contributed by atoms with Crippen molar-refractivity contribution in [2.75, 3.05) is 6.54 Å². The highest BCUT2D eigenvalue weighted by Gasteiger charge is 2.22. The van der Waals surface area contributed by atoms with Crippen LogP contribution in [-0.4, -0.2) is 55.3 Å². The summed E-state index contributed by atoms with van der Waals surface area (Å²) in [6, 6.07) is 8.00. The summed E-state index contributed by atoms with van der Waals surface area (Å²) in [5.41, 5.74) is -0.0177. The van der Waals surface area contributed by atoms with Gasteiger partial charge in [-0.25, -0.2) is 9.52 Å². The number of ether oxygens (including phenoxy) is 2. The smallest absolute Gasteiger partial charge is 0.422 e. The molecule has 1 aromatic rings. The van der Waals surface area contributed by atoms with Crippen LogP contribution in [0.15, 0.2) is 30.3 Å². The summed E-state index contributed by atoms with van der Waals surface area (Å²) < 4.78 is 37.5. The highest BCUT2D eigenvalue weighted by Crippen LogP contribution is 2.07. The zero-order valence-electron chi connectivity index (χ0n) is 17.8. The average molecular weight is 462 g/mol. The minimum Gasteiger partial charge on any atom is -0.480 e. The minimum absolute atomic E-state index is 0.0163. The van der Waals surface area contributed by atoms with Crippen molar-refractivity contribution in [2.24, 2.45) is 0 Å². The molecule has 0 aliphatic rings. The molecule has 0 aliphatic heterocycles. The normalized spacial score (nSPS) is 13.9. The van der Waals surface area contributed by atoms with Gasteiger partial charge >= 0.3 is 22.3 Å². The van der Waals surface area contributed by atoms with Crippen LogP contribution in [0.25, 0.3) is 0 Å². The molecule has 5 N–H and O–H groups in total.